The summed E-state index contributed by atoms with van der Waals surface area (Å²) < 4.78 is 0. The number of amides is 1. The number of hydrogen-bond acceptors (Lipinski definition) is 4. The van der Waals surface area contributed by atoms with Gasteiger partial charge >= 0.3 is 0 Å². The Morgan fingerprint density at radius 3 is 2.85 bits per heavy atom. The minimum absolute atomic E-state index is 0.0898. The van der Waals surface area contributed by atoms with Crippen LogP contribution in [0.15, 0.2) is 58.1 Å². The predicted octanol–water partition coefficient (Wildman–Crippen LogP) is 4.65. The van der Waals surface area contributed by atoms with Gasteiger partial charge in [0, 0.05) is 0 Å². The minimum atomic E-state index is -0.381. The van der Waals surface area contributed by atoms with Gasteiger partial charge in [0.25, 0.3) is 5.91 Å². The molecule has 0 spiro atoms. The van der Waals surface area contributed by atoms with Crippen LogP contribution in [0.25, 0.3) is 16.8 Å². The third-order valence-electron chi connectivity index (χ3n) is 4.36. The molecule has 2 heterocycles. The molecule has 1 amide bonds. The fraction of sp³-hybridized carbons (Fsp3) is 0.200. The summed E-state index contributed by atoms with van der Waals surface area (Å²) in [4.78, 5) is 16.7. The molecule has 6 heteroatoms. The number of carbonyl (C=O) groups excluding carboxylic acids is 1. The Bertz CT molecular complexity index is 1000. The van der Waals surface area contributed by atoms with Gasteiger partial charge in [-0.2, -0.15) is 15.1 Å². The van der Waals surface area contributed by atoms with Crippen molar-refractivity contribution in [2.45, 2.75) is 26.2 Å². The Morgan fingerprint density at radius 1 is 1.19 bits per heavy atom. The van der Waals surface area contributed by atoms with Crippen LogP contribution < -0.4 is 0 Å². The van der Waals surface area contributed by atoms with Gasteiger partial charge in [0.1, 0.15) is 5.04 Å². The van der Waals surface area contributed by atoms with Crippen molar-refractivity contribution in [3.05, 3.63) is 53.6 Å². The summed E-state index contributed by atoms with van der Waals surface area (Å²) in [6.45, 7) is 2.13. The zero-order valence-corrected chi connectivity index (χ0v) is 15.2. The number of rotatable bonds is 4. The molecule has 2 aromatic carbocycles. The summed E-state index contributed by atoms with van der Waals surface area (Å²) in [5.41, 5.74) is 1.17. The number of hydrazone groups is 1. The highest BCUT2D eigenvalue weighted by Gasteiger charge is 2.35. The highest BCUT2D eigenvalue weighted by atomic mass is 32.2. The van der Waals surface area contributed by atoms with Crippen molar-refractivity contribution in [1.29, 1.82) is 5.41 Å². The first-order valence-electron chi connectivity index (χ1n) is 8.64. The lowest BCUT2D eigenvalue weighted by Crippen LogP contribution is -2.35. The summed E-state index contributed by atoms with van der Waals surface area (Å²) in [6.07, 6.45) is 4.71. The second-order valence-electron chi connectivity index (χ2n) is 6.19. The van der Waals surface area contributed by atoms with Crippen LogP contribution >= 0.6 is 11.8 Å². The van der Waals surface area contributed by atoms with Crippen molar-refractivity contribution < 1.29 is 4.79 Å². The molecule has 26 heavy (non-hydrogen) atoms. The number of fused-ring (bicyclic) bond motifs is 2. The van der Waals surface area contributed by atoms with E-state index in [1.807, 2.05) is 42.5 Å². The van der Waals surface area contributed by atoms with Gasteiger partial charge in [0.15, 0.2) is 5.84 Å². The third kappa shape index (κ3) is 2.97. The van der Waals surface area contributed by atoms with Crippen LogP contribution in [0.5, 0.6) is 0 Å². The smallest absolute Gasteiger partial charge is 0.282 e. The van der Waals surface area contributed by atoms with Crippen LogP contribution in [0.3, 0.4) is 0 Å². The molecule has 0 radical (unpaired) electrons. The van der Waals surface area contributed by atoms with Crippen molar-refractivity contribution in [1.82, 2.24) is 5.01 Å². The van der Waals surface area contributed by atoms with Crippen LogP contribution in [0.2, 0.25) is 0 Å². The largest absolute Gasteiger partial charge is 0.283 e. The van der Waals surface area contributed by atoms with E-state index in [4.69, 9.17) is 5.41 Å². The number of carbonyl (C=O) groups is 1. The van der Waals surface area contributed by atoms with Gasteiger partial charge in [0.2, 0.25) is 5.17 Å². The van der Waals surface area contributed by atoms with E-state index in [0.717, 1.165) is 40.6 Å². The highest BCUT2D eigenvalue weighted by molar-refractivity contribution is 8.26. The van der Waals surface area contributed by atoms with Crippen LogP contribution in [-0.2, 0) is 4.79 Å². The van der Waals surface area contributed by atoms with E-state index in [2.05, 4.69) is 17.0 Å². The molecule has 2 aromatic rings. The van der Waals surface area contributed by atoms with Crippen molar-refractivity contribution in [3.63, 3.8) is 0 Å². The molecule has 2 aliphatic heterocycles. The van der Waals surface area contributed by atoms with Crippen LogP contribution in [0, 0.1) is 5.41 Å². The van der Waals surface area contributed by atoms with E-state index >= 15 is 0 Å². The van der Waals surface area contributed by atoms with Gasteiger partial charge in [-0.15, -0.1) is 0 Å². The number of aliphatic imine (C=N–C) groups is 1. The number of benzene rings is 2. The molecule has 0 saturated heterocycles. The maximum atomic E-state index is 12.5. The van der Waals surface area contributed by atoms with Crippen molar-refractivity contribution in [2.24, 2.45) is 10.1 Å². The second-order valence-corrected chi connectivity index (χ2v) is 7.23. The Hall–Kier alpha value is -2.73. The molecule has 0 fully saturated rings. The Balaban J connectivity index is 1.72. The lowest BCUT2D eigenvalue weighted by atomic mass is 10.0. The zero-order chi connectivity index (χ0) is 18.1. The molecule has 2 aliphatic rings. The second kappa shape index (κ2) is 6.88. The maximum Gasteiger partial charge on any atom is 0.283 e. The molecule has 0 aromatic heterocycles. The number of nitrogens with one attached hydrogen (secondary N) is 1. The van der Waals surface area contributed by atoms with E-state index < -0.39 is 0 Å². The van der Waals surface area contributed by atoms with E-state index in [9.17, 15) is 4.79 Å². The number of unbranched alkanes of at least 4 members (excludes halogenated alkanes) is 1. The maximum absolute atomic E-state index is 12.5. The average Bonchev–Trinajstić information content (AvgIpc) is 3.06. The van der Waals surface area contributed by atoms with E-state index in [1.165, 1.54) is 16.8 Å². The van der Waals surface area contributed by atoms with Crippen LogP contribution in [-0.4, -0.2) is 27.0 Å². The molecule has 0 unspecified atom stereocenters. The Kier molecular flexibility index (Phi) is 4.42. The summed E-state index contributed by atoms with van der Waals surface area (Å²) >= 11 is 1.39. The molecule has 1 N–H and O–H groups in total. The monoisotopic (exact) mass is 362 g/mol. The first kappa shape index (κ1) is 16.7. The van der Waals surface area contributed by atoms with Gasteiger partial charge in [0.05, 0.1) is 5.57 Å². The molecule has 0 bridgehead atoms. The van der Waals surface area contributed by atoms with Crippen LogP contribution in [0.4, 0.5) is 0 Å². The Morgan fingerprint density at radius 2 is 2.00 bits per heavy atom. The molecule has 0 saturated carbocycles. The van der Waals surface area contributed by atoms with Gasteiger partial charge in [-0.25, -0.2) is 0 Å². The fourth-order valence-electron chi connectivity index (χ4n) is 2.99. The summed E-state index contributed by atoms with van der Waals surface area (Å²) in [7, 11) is 0. The van der Waals surface area contributed by atoms with Crippen molar-refractivity contribution in [3.8, 4) is 0 Å². The van der Waals surface area contributed by atoms with Gasteiger partial charge in [-0.3, -0.25) is 10.2 Å². The van der Waals surface area contributed by atoms with Gasteiger partial charge < -0.3 is 0 Å². The van der Waals surface area contributed by atoms with Gasteiger partial charge in [-0.05, 0) is 47.0 Å². The van der Waals surface area contributed by atoms with Gasteiger partial charge in [-0.1, -0.05) is 55.8 Å². The highest BCUT2D eigenvalue weighted by Crippen LogP contribution is 2.30. The number of thioether (sulfide) groups is 1. The molecule has 0 aliphatic carbocycles. The standard InChI is InChI=1S/C20H18N4OS/c1-2-3-11-17-23-24-18(21)16(19(25)22-20(24)26-17)12-14-9-6-8-13-7-4-5-10-15(13)14/h4-10,12,21H,2-3,11H2,1H3/b16-12-,21-18?. The van der Waals surface area contributed by atoms with Crippen molar-refractivity contribution in [2.75, 3.05) is 0 Å². The number of hydrogen-bond donors (Lipinski definition) is 1. The lowest BCUT2D eigenvalue weighted by Gasteiger charge is -2.20. The molecule has 5 nitrogen and oxygen atoms in total. The molecule has 4 rings (SSSR count). The zero-order valence-electron chi connectivity index (χ0n) is 14.4. The first-order chi connectivity index (χ1) is 12.7. The number of nitrogens with zero attached hydrogens (tertiary/aromatic N) is 3. The minimum Gasteiger partial charge on any atom is -0.282 e. The molecule has 130 valence electrons. The average molecular weight is 362 g/mol. The fourth-order valence-corrected chi connectivity index (χ4v) is 3.92. The quantitative estimate of drug-likeness (QED) is 0.805. The molecule has 0 atom stereocenters. The first-order valence-corrected chi connectivity index (χ1v) is 9.46. The van der Waals surface area contributed by atoms with E-state index in [-0.39, 0.29) is 17.3 Å². The number of amidine groups is 2. The Labute approximate surface area is 156 Å². The summed E-state index contributed by atoms with van der Waals surface area (Å²) in [5.74, 6) is -0.291. The lowest BCUT2D eigenvalue weighted by molar-refractivity contribution is -0.114. The third-order valence-corrected chi connectivity index (χ3v) is 5.33. The predicted molar refractivity (Wildman–Crippen MR) is 108 cm³/mol. The topological polar surface area (TPSA) is 68.9 Å². The van der Waals surface area contributed by atoms with Crippen molar-refractivity contribution >= 4 is 50.6 Å². The summed E-state index contributed by atoms with van der Waals surface area (Å²) in [6, 6.07) is 13.9. The van der Waals surface area contributed by atoms with E-state index in [1.54, 1.807) is 6.08 Å². The van der Waals surface area contributed by atoms with Crippen LogP contribution in [0.1, 0.15) is 31.7 Å². The van der Waals surface area contributed by atoms with E-state index in [0.29, 0.717) is 5.17 Å². The molecular formula is C20H18N4OS. The SMILES string of the molecule is CCCCC1=NN2C(=N)/C(=C/c3cccc4ccccc34)C(=O)N=C2S1. The molecular weight excluding hydrogens is 344 g/mol. The summed E-state index contributed by atoms with van der Waals surface area (Å²) in [5, 5.41) is 18.0. The normalized spacial score (nSPS) is 18.3.